The minimum Gasteiger partial charge on any atom is -0.311 e. The summed E-state index contributed by atoms with van der Waals surface area (Å²) >= 11 is 0. The Morgan fingerprint density at radius 2 is 1.48 bits per heavy atom. The van der Waals surface area contributed by atoms with Crippen LogP contribution in [0.25, 0.3) is 0 Å². The van der Waals surface area contributed by atoms with Gasteiger partial charge in [-0.05, 0) is 82.8 Å². The molecule has 0 radical (unpaired) electrons. The zero-order valence-corrected chi connectivity index (χ0v) is 13.8. The van der Waals surface area contributed by atoms with Crippen LogP contribution in [-0.4, -0.2) is 61.7 Å². The number of nitrogens with zero attached hydrogens (tertiary/aromatic N) is 2. The predicted octanol–water partition coefficient (Wildman–Crippen LogP) is 2.18. The molecule has 1 aliphatic heterocycles. The highest BCUT2D eigenvalue weighted by atomic mass is 15.2. The lowest BCUT2D eigenvalue weighted by Crippen LogP contribution is -2.58. The minimum atomic E-state index is 0.566. The molecule has 0 amide bonds. The largest absolute Gasteiger partial charge is 0.311 e. The molecule has 5 aliphatic rings. The van der Waals surface area contributed by atoms with Gasteiger partial charge in [-0.25, -0.2) is 0 Å². The van der Waals surface area contributed by atoms with Crippen molar-refractivity contribution in [1.29, 1.82) is 0 Å². The standard InChI is InChI=1S/C18H33N3/c1-20-5-7-21(8-6-20)4-2-3-19-18-12-15-9-16(13-18)11-17(10-15)14-18/h15-17,19H,2-14H2,1H3. The van der Waals surface area contributed by atoms with Crippen molar-refractivity contribution >= 4 is 0 Å². The zero-order valence-electron chi connectivity index (χ0n) is 13.8. The molecule has 0 aromatic carbocycles. The average Bonchev–Trinajstić information content (AvgIpc) is 2.44. The lowest BCUT2D eigenvalue weighted by atomic mass is 9.53. The number of nitrogens with one attached hydrogen (secondary N) is 1. The van der Waals surface area contributed by atoms with Gasteiger partial charge in [-0.2, -0.15) is 0 Å². The Kier molecular flexibility index (Phi) is 4.01. The van der Waals surface area contributed by atoms with Gasteiger partial charge < -0.3 is 15.1 Å². The molecule has 0 spiro atoms. The van der Waals surface area contributed by atoms with Crippen molar-refractivity contribution in [3.63, 3.8) is 0 Å². The first-order chi connectivity index (χ1) is 10.2. The van der Waals surface area contributed by atoms with E-state index < -0.39 is 0 Å². The summed E-state index contributed by atoms with van der Waals surface area (Å²) in [6, 6.07) is 0. The van der Waals surface area contributed by atoms with Gasteiger partial charge in [0.15, 0.2) is 0 Å². The molecule has 0 aromatic rings. The fourth-order valence-electron chi connectivity index (χ4n) is 6.05. The first-order valence-electron chi connectivity index (χ1n) is 9.37. The monoisotopic (exact) mass is 291 g/mol. The highest BCUT2D eigenvalue weighted by Gasteiger charge is 2.50. The summed E-state index contributed by atoms with van der Waals surface area (Å²) in [5.74, 6) is 3.21. The first kappa shape index (κ1) is 14.5. The van der Waals surface area contributed by atoms with Crippen molar-refractivity contribution in [3.05, 3.63) is 0 Å². The first-order valence-corrected chi connectivity index (χ1v) is 9.37. The fraction of sp³-hybridized carbons (Fsp3) is 1.00. The summed E-state index contributed by atoms with van der Waals surface area (Å²) < 4.78 is 0. The Morgan fingerprint density at radius 1 is 0.905 bits per heavy atom. The van der Waals surface area contributed by atoms with E-state index >= 15 is 0 Å². The normalized spacial score (nSPS) is 43.6. The smallest absolute Gasteiger partial charge is 0.0189 e. The number of likely N-dealkylation sites (N-methyl/N-ethyl adjacent to an activating group) is 1. The predicted molar refractivity (Wildman–Crippen MR) is 87.5 cm³/mol. The van der Waals surface area contributed by atoms with Gasteiger partial charge in [-0.15, -0.1) is 0 Å². The van der Waals surface area contributed by atoms with Gasteiger partial charge in [0.1, 0.15) is 0 Å². The summed E-state index contributed by atoms with van der Waals surface area (Å²) in [4.78, 5) is 5.10. The van der Waals surface area contributed by atoms with Crippen LogP contribution in [0.4, 0.5) is 0 Å². The van der Waals surface area contributed by atoms with Crippen LogP contribution in [0.5, 0.6) is 0 Å². The van der Waals surface area contributed by atoms with Crippen LogP contribution in [0.2, 0.25) is 0 Å². The molecule has 3 heteroatoms. The number of hydrogen-bond acceptors (Lipinski definition) is 3. The van der Waals surface area contributed by atoms with Gasteiger partial charge in [0.25, 0.3) is 0 Å². The van der Waals surface area contributed by atoms with Crippen molar-refractivity contribution in [2.24, 2.45) is 17.8 Å². The summed E-state index contributed by atoms with van der Waals surface area (Å²) in [5.41, 5.74) is 0.566. The maximum Gasteiger partial charge on any atom is 0.0189 e. The molecule has 5 fully saturated rings. The lowest BCUT2D eigenvalue weighted by Gasteiger charge is -2.57. The molecule has 0 unspecified atom stereocenters. The maximum atomic E-state index is 4.04. The Balaban J connectivity index is 1.21. The van der Waals surface area contributed by atoms with Crippen LogP contribution >= 0.6 is 0 Å². The SMILES string of the molecule is CN1CCN(CCCNC23CC4CC(CC(C4)C2)C3)CC1. The molecule has 120 valence electrons. The van der Waals surface area contributed by atoms with Crippen molar-refractivity contribution in [2.75, 3.05) is 46.3 Å². The van der Waals surface area contributed by atoms with Crippen molar-refractivity contribution in [3.8, 4) is 0 Å². The van der Waals surface area contributed by atoms with E-state index in [1.807, 2.05) is 0 Å². The molecule has 1 saturated heterocycles. The second-order valence-corrected chi connectivity index (χ2v) is 8.62. The van der Waals surface area contributed by atoms with Crippen LogP contribution < -0.4 is 5.32 Å². The number of rotatable bonds is 5. The van der Waals surface area contributed by atoms with Crippen LogP contribution in [0.1, 0.15) is 44.9 Å². The minimum absolute atomic E-state index is 0.566. The van der Waals surface area contributed by atoms with Crippen LogP contribution in [0, 0.1) is 17.8 Å². The second kappa shape index (κ2) is 5.82. The topological polar surface area (TPSA) is 18.5 Å². The molecule has 0 atom stereocenters. The summed E-state index contributed by atoms with van der Waals surface area (Å²) in [7, 11) is 2.24. The summed E-state index contributed by atoms with van der Waals surface area (Å²) in [5, 5.41) is 4.04. The van der Waals surface area contributed by atoms with Crippen molar-refractivity contribution < 1.29 is 0 Å². The molecule has 4 saturated carbocycles. The summed E-state index contributed by atoms with van der Waals surface area (Å²) in [6.45, 7) is 7.60. The van der Waals surface area contributed by atoms with E-state index in [1.54, 1.807) is 19.3 Å². The third-order valence-corrected chi connectivity index (χ3v) is 6.79. The summed E-state index contributed by atoms with van der Waals surface area (Å²) in [6.07, 6.45) is 10.5. The van der Waals surface area contributed by atoms with E-state index in [-0.39, 0.29) is 0 Å². The Morgan fingerprint density at radius 3 is 2.05 bits per heavy atom. The zero-order chi connectivity index (χ0) is 14.3. The molecular formula is C18H33N3. The molecule has 21 heavy (non-hydrogen) atoms. The van der Waals surface area contributed by atoms with Crippen molar-refractivity contribution in [2.45, 2.75) is 50.5 Å². The van der Waals surface area contributed by atoms with E-state index in [0.717, 1.165) is 17.8 Å². The van der Waals surface area contributed by atoms with Gasteiger partial charge in [-0.3, -0.25) is 0 Å². The second-order valence-electron chi connectivity index (χ2n) is 8.62. The van der Waals surface area contributed by atoms with E-state index in [2.05, 4.69) is 22.2 Å². The number of hydrogen-bond donors (Lipinski definition) is 1. The molecule has 4 aliphatic carbocycles. The van der Waals surface area contributed by atoms with Gasteiger partial charge >= 0.3 is 0 Å². The molecule has 1 heterocycles. The number of piperazine rings is 1. The van der Waals surface area contributed by atoms with E-state index in [1.165, 1.54) is 65.0 Å². The van der Waals surface area contributed by atoms with E-state index in [0.29, 0.717) is 5.54 Å². The highest BCUT2D eigenvalue weighted by molar-refractivity contribution is 5.06. The quantitative estimate of drug-likeness (QED) is 0.783. The molecule has 5 rings (SSSR count). The fourth-order valence-corrected chi connectivity index (χ4v) is 6.05. The molecule has 1 N–H and O–H groups in total. The molecule has 0 aromatic heterocycles. The average molecular weight is 291 g/mol. The van der Waals surface area contributed by atoms with Gasteiger partial charge in [0.2, 0.25) is 0 Å². The molecule has 4 bridgehead atoms. The Labute approximate surface area is 130 Å². The Hall–Kier alpha value is -0.120. The van der Waals surface area contributed by atoms with Crippen LogP contribution in [-0.2, 0) is 0 Å². The van der Waals surface area contributed by atoms with Crippen LogP contribution in [0.3, 0.4) is 0 Å². The highest BCUT2D eigenvalue weighted by Crippen LogP contribution is 2.55. The van der Waals surface area contributed by atoms with Crippen molar-refractivity contribution in [1.82, 2.24) is 15.1 Å². The maximum absolute atomic E-state index is 4.04. The van der Waals surface area contributed by atoms with Gasteiger partial charge in [-0.1, -0.05) is 0 Å². The van der Waals surface area contributed by atoms with Gasteiger partial charge in [0.05, 0.1) is 0 Å². The van der Waals surface area contributed by atoms with E-state index in [9.17, 15) is 0 Å². The third kappa shape index (κ3) is 3.16. The molecule has 3 nitrogen and oxygen atoms in total. The van der Waals surface area contributed by atoms with Gasteiger partial charge in [0, 0.05) is 31.7 Å². The molecular weight excluding hydrogens is 258 g/mol. The third-order valence-electron chi connectivity index (χ3n) is 6.79. The Bertz CT molecular complexity index is 324. The van der Waals surface area contributed by atoms with Crippen LogP contribution in [0.15, 0.2) is 0 Å². The lowest BCUT2D eigenvalue weighted by molar-refractivity contribution is -0.0198. The van der Waals surface area contributed by atoms with E-state index in [4.69, 9.17) is 0 Å².